The smallest absolute Gasteiger partial charge is 0.313 e. The second-order valence-electron chi connectivity index (χ2n) is 1.90. The molecule has 0 aromatic rings. The summed E-state index contributed by atoms with van der Waals surface area (Å²) in [5, 5.41) is 8.47. The summed E-state index contributed by atoms with van der Waals surface area (Å²) < 4.78 is 0. The molecule has 1 fully saturated rings. The largest absolute Gasteiger partial charge is 0.352 e. The highest BCUT2D eigenvalue weighted by atomic mass is 16.2. The monoisotopic (exact) mass is 130 g/mol. The summed E-state index contributed by atoms with van der Waals surface area (Å²) in [7, 11) is 0. The minimum Gasteiger partial charge on any atom is -0.352 e. The third-order valence-electron chi connectivity index (χ3n) is 1.14. The standard InChI is InChI=1S/C4H10N4O/c5-4(9)8-3-1-6-2-7-3/h3,6-7H,1-2H2,(H3,5,8,9). The number of carbonyl (C=O) groups is 1. The van der Waals surface area contributed by atoms with E-state index in [1.807, 2.05) is 0 Å². The maximum atomic E-state index is 10.2. The molecule has 1 atom stereocenters. The Morgan fingerprint density at radius 3 is 3.00 bits per heavy atom. The summed E-state index contributed by atoms with van der Waals surface area (Å²) >= 11 is 0. The quantitative estimate of drug-likeness (QED) is 0.336. The maximum absolute atomic E-state index is 10.2. The fraction of sp³-hybridized carbons (Fsp3) is 0.750. The van der Waals surface area contributed by atoms with Gasteiger partial charge < -0.3 is 16.4 Å². The van der Waals surface area contributed by atoms with Crippen molar-refractivity contribution in [3.63, 3.8) is 0 Å². The molecule has 5 N–H and O–H groups in total. The van der Waals surface area contributed by atoms with Crippen LogP contribution in [-0.2, 0) is 0 Å². The lowest BCUT2D eigenvalue weighted by Gasteiger charge is -2.07. The summed E-state index contributed by atoms with van der Waals surface area (Å²) in [4.78, 5) is 10.2. The van der Waals surface area contributed by atoms with Crippen molar-refractivity contribution in [2.75, 3.05) is 13.2 Å². The molecule has 0 bridgehead atoms. The molecule has 1 aliphatic heterocycles. The van der Waals surface area contributed by atoms with Gasteiger partial charge in [-0.15, -0.1) is 0 Å². The fourth-order valence-electron chi connectivity index (χ4n) is 0.758. The van der Waals surface area contributed by atoms with Gasteiger partial charge in [-0.3, -0.25) is 5.32 Å². The Balaban J connectivity index is 2.19. The minimum atomic E-state index is -0.490. The van der Waals surface area contributed by atoms with Crippen LogP contribution in [0, 0.1) is 0 Å². The van der Waals surface area contributed by atoms with E-state index >= 15 is 0 Å². The van der Waals surface area contributed by atoms with Crippen molar-refractivity contribution in [1.29, 1.82) is 0 Å². The van der Waals surface area contributed by atoms with Crippen molar-refractivity contribution in [2.24, 2.45) is 5.73 Å². The van der Waals surface area contributed by atoms with E-state index in [0.29, 0.717) is 0 Å². The molecule has 1 aliphatic rings. The molecule has 0 aliphatic carbocycles. The van der Waals surface area contributed by atoms with Crippen LogP contribution in [0.25, 0.3) is 0 Å². The number of nitrogens with two attached hydrogens (primary N) is 1. The second kappa shape index (κ2) is 2.65. The molecular weight excluding hydrogens is 120 g/mol. The first kappa shape index (κ1) is 6.31. The summed E-state index contributed by atoms with van der Waals surface area (Å²) in [6, 6.07) is -0.490. The number of hydrogen-bond acceptors (Lipinski definition) is 3. The Hall–Kier alpha value is -0.810. The van der Waals surface area contributed by atoms with E-state index in [2.05, 4.69) is 16.0 Å². The molecule has 2 amide bonds. The Morgan fingerprint density at radius 1 is 1.78 bits per heavy atom. The number of primary amides is 1. The van der Waals surface area contributed by atoms with E-state index in [4.69, 9.17) is 5.73 Å². The van der Waals surface area contributed by atoms with Gasteiger partial charge in [0.2, 0.25) is 0 Å². The zero-order valence-corrected chi connectivity index (χ0v) is 4.98. The first-order valence-corrected chi connectivity index (χ1v) is 2.79. The van der Waals surface area contributed by atoms with Crippen LogP contribution in [-0.4, -0.2) is 25.4 Å². The molecule has 5 nitrogen and oxygen atoms in total. The number of carbonyl (C=O) groups excluding carboxylic acids is 1. The minimum absolute atomic E-state index is 0.00231. The second-order valence-corrected chi connectivity index (χ2v) is 1.90. The summed E-state index contributed by atoms with van der Waals surface area (Å²) in [6.07, 6.45) is 0.00231. The van der Waals surface area contributed by atoms with Crippen molar-refractivity contribution in [1.82, 2.24) is 16.0 Å². The molecule has 0 aromatic heterocycles. The fourth-order valence-corrected chi connectivity index (χ4v) is 0.758. The maximum Gasteiger partial charge on any atom is 0.313 e. The Bertz CT molecular complexity index is 109. The van der Waals surface area contributed by atoms with E-state index in [-0.39, 0.29) is 6.17 Å². The molecule has 0 saturated carbocycles. The summed E-state index contributed by atoms with van der Waals surface area (Å²) in [5.74, 6) is 0. The number of nitrogens with one attached hydrogen (secondary N) is 3. The Kier molecular flexibility index (Phi) is 1.86. The van der Waals surface area contributed by atoms with Gasteiger partial charge >= 0.3 is 6.03 Å². The van der Waals surface area contributed by atoms with Crippen LogP contribution >= 0.6 is 0 Å². The first-order chi connectivity index (χ1) is 4.29. The van der Waals surface area contributed by atoms with Gasteiger partial charge in [0.25, 0.3) is 0 Å². The lowest BCUT2D eigenvalue weighted by molar-refractivity contribution is 0.245. The van der Waals surface area contributed by atoms with Gasteiger partial charge in [0.1, 0.15) is 0 Å². The van der Waals surface area contributed by atoms with Crippen LogP contribution < -0.4 is 21.7 Å². The molecule has 0 aromatic carbocycles. The van der Waals surface area contributed by atoms with Crippen molar-refractivity contribution in [3.05, 3.63) is 0 Å². The predicted octanol–water partition coefficient (Wildman–Crippen LogP) is -1.87. The van der Waals surface area contributed by atoms with Gasteiger partial charge in [-0.1, -0.05) is 0 Å². The average Bonchev–Trinajstić information content (AvgIpc) is 2.15. The highest BCUT2D eigenvalue weighted by molar-refractivity contribution is 5.71. The molecule has 1 rings (SSSR count). The Morgan fingerprint density at radius 2 is 2.56 bits per heavy atom. The molecule has 0 spiro atoms. The van der Waals surface area contributed by atoms with Gasteiger partial charge in [0.05, 0.1) is 6.17 Å². The van der Waals surface area contributed by atoms with Gasteiger partial charge in [-0.2, -0.15) is 0 Å². The molecule has 1 unspecified atom stereocenters. The zero-order valence-electron chi connectivity index (χ0n) is 4.98. The molecule has 9 heavy (non-hydrogen) atoms. The van der Waals surface area contributed by atoms with E-state index < -0.39 is 6.03 Å². The molecule has 5 heteroatoms. The van der Waals surface area contributed by atoms with Crippen LogP contribution in [0.15, 0.2) is 0 Å². The first-order valence-electron chi connectivity index (χ1n) is 2.79. The van der Waals surface area contributed by atoms with E-state index in [1.54, 1.807) is 0 Å². The molecule has 52 valence electrons. The van der Waals surface area contributed by atoms with Crippen molar-refractivity contribution >= 4 is 6.03 Å². The lowest BCUT2D eigenvalue weighted by Crippen LogP contribution is -2.45. The van der Waals surface area contributed by atoms with Crippen LogP contribution in [0.2, 0.25) is 0 Å². The zero-order chi connectivity index (χ0) is 6.69. The third kappa shape index (κ3) is 1.87. The highest BCUT2D eigenvalue weighted by Crippen LogP contribution is 1.79. The van der Waals surface area contributed by atoms with Crippen LogP contribution in [0.5, 0.6) is 0 Å². The average molecular weight is 130 g/mol. The molecule has 1 saturated heterocycles. The summed E-state index contributed by atoms with van der Waals surface area (Å²) in [6.45, 7) is 1.47. The highest BCUT2D eigenvalue weighted by Gasteiger charge is 2.12. The van der Waals surface area contributed by atoms with Crippen LogP contribution in [0.4, 0.5) is 4.79 Å². The number of hydrogen-bond donors (Lipinski definition) is 4. The van der Waals surface area contributed by atoms with Gasteiger partial charge in [0, 0.05) is 13.2 Å². The molecule has 0 radical (unpaired) electrons. The topological polar surface area (TPSA) is 79.2 Å². The SMILES string of the molecule is NC(=O)NC1CNCN1. The number of urea groups is 1. The number of rotatable bonds is 1. The molecule has 1 heterocycles. The van der Waals surface area contributed by atoms with Crippen molar-refractivity contribution in [3.8, 4) is 0 Å². The van der Waals surface area contributed by atoms with Gasteiger partial charge in [-0.25, -0.2) is 4.79 Å². The van der Waals surface area contributed by atoms with E-state index in [9.17, 15) is 4.79 Å². The third-order valence-corrected chi connectivity index (χ3v) is 1.14. The summed E-state index contributed by atoms with van der Waals surface area (Å²) in [5.41, 5.74) is 4.85. The normalized spacial score (nSPS) is 26.0. The predicted molar refractivity (Wildman–Crippen MR) is 32.5 cm³/mol. The van der Waals surface area contributed by atoms with Crippen molar-refractivity contribution < 1.29 is 4.79 Å². The molecular formula is C4H10N4O. The lowest BCUT2D eigenvalue weighted by atomic mass is 10.5. The van der Waals surface area contributed by atoms with Gasteiger partial charge in [0.15, 0.2) is 0 Å². The van der Waals surface area contributed by atoms with Crippen LogP contribution in [0.3, 0.4) is 0 Å². The van der Waals surface area contributed by atoms with Crippen LogP contribution in [0.1, 0.15) is 0 Å². The van der Waals surface area contributed by atoms with E-state index in [0.717, 1.165) is 13.2 Å². The number of amides is 2. The van der Waals surface area contributed by atoms with Crippen molar-refractivity contribution in [2.45, 2.75) is 6.17 Å². The van der Waals surface area contributed by atoms with E-state index in [1.165, 1.54) is 0 Å². The van der Waals surface area contributed by atoms with Gasteiger partial charge in [-0.05, 0) is 0 Å². The Labute approximate surface area is 53.0 Å².